The molecule has 0 saturated heterocycles. The number of allylic oxidation sites excluding steroid dienone is 1. The summed E-state index contributed by atoms with van der Waals surface area (Å²) >= 11 is 0. The molecule has 0 radical (unpaired) electrons. The number of fused-ring (bicyclic) bond motifs is 3. The summed E-state index contributed by atoms with van der Waals surface area (Å²) in [7, 11) is 0. The third-order valence-electron chi connectivity index (χ3n) is 6.49. The number of aromatic nitrogens is 1. The van der Waals surface area contributed by atoms with E-state index in [0.717, 1.165) is 41.0 Å². The summed E-state index contributed by atoms with van der Waals surface area (Å²) in [4.78, 5) is 30.6. The molecule has 186 valence electrons. The number of carbonyl (C=O) groups is 2. The van der Waals surface area contributed by atoms with Gasteiger partial charge in [-0.05, 0) is 72.4 Å². The number of ether oxygens (including phenoxy) is 3. The number of nitrogens with one attached hydrogen (secondary N) is 1. The maximum absolute atomic E-state index is 13.4. The minimum atomic E-state index is -0.535. The molecular formula is C29H24N2O6. The lowest BCUT2D eigenvalue weighted by Crippen LogP contribution is -2.28. The van der Waals surface area contributed by atoms with Crippen LogP contribution < -0.4 is 14.8 Å². The van der Waals surface area contributed by atoms with Gasteiger partial charge in [0.1, 0.15) is 5.76 Å². The fraction of sp³-hybridized carbons (Fsp3) is 0.207. The topological polar surface area (TPSA) is 99.9 Å². The Morgan fingerprint density at radius 1 is 1.03 bits per heavy atom. The van der Waals surface area contributed by atoms with E-state index in [1.54, 1.807) is 12.1 Å². The molecule has 37 heavy (non-hydrogen) atoms. The van der Waals surface area contributed by atoms with Crippen molar-refractivity contribution in [2.45, 2.75) is 25.8 Å². The van der Waals surface area contributed by atoms with Crippen LogP contribution in [-0.2, 0) is 22.5 Å². The zero-order chi connectivity index (χ0) is 25.2. The van der Waals surface area contributed by atoms with E-state index >= 15 is 0 Å². The van der Waals surface area contributed by atoms with Crippen LogP contribution in [0.5, 0.6) is 11.5 Å². The molecule has 3 heterocycles. The molecule has 0 spiro atoms. The third-order valence-corrected chi connectivity index (χ3v) is 6.49. The number of rotatable bonds is 6. The summed E-state index contributed by atoms with van der Waals surface area (Å²) in [5.41, 5.74) is 4.81. The van der Waals surface area contributed by atoms with Gasteiger partial charge in [-0.1, -0.05) is 24.3 Å². The zero-order valence-corrected chi connectivity index (χ0v) is 20.0. The number of benzene rings is 2. The smallest absolute Gasteiger partial charge is 0.339 e. The number of nitrogens with zero attached hydrogens (tertiary/aromatic N) is 1. The SMILES string of the molecule is O=C(COC(=O)c1c2c(nc3ccccc13)/C(=C/c1ccc3c(c1)OCO3)CCC2)NCc1ccco1. The van der Waals surface area contributed by atoms with Crippen LogP contribution in [0.4, 0.5) is 0 Å². The molecule has 0 saturated carbocycles. The number of pyridine rings is 1. The van der Waals surface area contributed by atoms with E-state index in [2.05, 4.69) is 11.4 Å². The maximum atomic E-state index is 13.4. The van der Waals surface area contributed by atoms with Gasteiger partial charge in [0.2, 0.25) is 6.79 Å². The average molecular weight is 497 g/mol. The van der Waals surface area contributed by atoms with Crippen LogP contribution in [-0.4, -0.2) is 30.3 Å². The van der Waals surface area contributed by atoms with Crippen molar-refractivity contribution in [1.29, 1.82) is 0 Å². The number of amides is 1. The van der Waals surface area contributed by atoms with E-state index in [4.69, 9.17) is 23.6 Å². The predicted octanol–water partition coefficient (Wildman–Crippen LogP) is 4.91. The average Bonchev–Trinajstić information content (AvgIpc) is 3.61. The Hall–Kier alpha value is -4.59. The molecule has 8 nitrogen and oxygen atoms in total. The fourth-order valence-corrected chi connectivity index (χ4v) is 4.77. The van der Waals surface area contributed by atoms with E-state index in [-0.39, 0.29) is 19.9 Å². The second kappa shape index (κ2) is 9.81. The number of hydrogen-bond acceptors (Lipinski definition) is 7. The highest BCUT2D eigenvalue weighted by atomic mass is 16.7. The van der Waals surface area contributed by atoms with Crippen LogP contribution in [0.25, 0.3) is 22.6 Å². The Kier molecular flexibility index (Phi) is 6.06. The Morgan fingerprint density at radius 2 is 1.92 bits per heavy atom. The number of esters is 1. The van der Waals surface area contributed by atoms with Crippen molar-refractivity contribution in [3.05, 3.63) is 89.0 Å². The lowest BCUT2D eigenvalue weighted by atomic mass is 9.86. The third kappa shape index (κ3) is 4.65. The molecule has 1 amide bonds. The maximum Gasteiger partial charge on any atom is 0.339 e. The van der Waals surface area contributed by atoms with Crippen LogP contribution in [0.2, 0.25) is 0 Å². The van der Waals surface area contributed by atoms with Gasteiger partial charge in [-0.3, -0.25) is 4.79 Å². The summed E-state index contributed by atoms with van der Waals surface area (Å²) in [6.45, 7) is 0.0634. The van der Waals surface area contributed by atoms with Gasteiger partial charge in [0, 0.05) is 5.39 Å². The van der Waals surface area contributed by atoms with Crippen LogP contribution in [0.1, 0.15) is 45.8 Å². The molecule has 1 N–H and O–H groups in total. The fourth-order valence-electron chi connectivity index (χ4n) is 4.77. The van der Waals surface area contributed by atoms with Crippen LogP contribution in [0.3, 0.4) is 0 Å². The van der Waals surface area contributed by atoms with Gasteiger partial charge < -0.3 is 23.9 Å². The van der Waals surface area contributed by atoms with E-state index in [1.807, 2.05) is 42.5 Å². The summed E-state index contributed by atoms with van der Waals surface area (Å²) in [6, 6.07) is 16.8. The molecule has 6 rings (SSSR count). The number of carbonyl (C=O) groups excluding carboxylic acids is 2. The van der Waals surface area contributed by atoms with Gasteiger partial charge in [-0.25, -0.2) is 9.78 Å². The normalized spacial score (nSPS) is 15.0. The second-order valence-electron chi connectivity index (χ2n) is 8.90. The highest BCUT2D eigenvalue weighted by Gasteiger charge is 2.26. The lowest BCUT2D eigenvalue weighted by molar-refractivity contribution is -0.124. The van der Waals surface area contributed by atoms with Gasteiger partial charge >= 0.3 is 5.97 Å². The Morgan fingerprint density at radius 3 is 2.81 bits per heavy atom. The van der Waals surface area contributed by atoms with Crippen molar-refractivity contribution in [2.75, 3.05) is 13.4 Å². The van der Waals surface area contributed by atoms with Crippen LogP contribution in [0, 0.1) is 0 Å². The molecule has 1 aliphatic heterocycles. The largest absolute Gasteiger partial charge is 0.467 e. The van der Waals surface area contributed by atoms with Gasteiger partial charge in [0.05, 0.1) is 29.6 Å². The number of para-hydroxylation sites is 1. The molecule has 0 unspecified atom stereocenters. The van der Waals surface area contributed by atoms with E-state index < -0.39 is 11.9 Å². The van der Waals surface area contributed by atoms with Crippen LogP contribution >= 0.6 is 0 Å². The first-order valence-electron chi connectivity index (χ1n) is 12.1. The molecule has 4 aromatic rings. The highest BCUT2D eigenvalue weighted by Crippen LogP contribution is 2.38. The highest BCUT2D eigenvalue weighted by molar-refractivity contribution is 6.07. The van der Waals surface area contributed by atoms with Crippen LogP contribution in [0.15, 0.2) is 65.3 Å². The first-order chi connectivity index (χ1) is 18.2. The second-order valence-corrected chi connectivity index (χ2v) is 8.90. The van der Waals surface area contributed by atoms with Crippen molar-refractivity contribution >= 4 is 34.4 Å². The van der Waals surface area contributed by atoms with Gasteiger partial charge in [-0.15, -0.1) is 0 Å². The molecule has 2 aliphatic rings. The summed E-state index contributed by atoms with van der Waals surface area (Å²) in [6.07, 6.45) is 6.01. The minimum Gasteiger partial charge on any atom is -0.467 e. The molecule has 2 aromatic carbocycles. The quantitative estimate of drug-likeness (QED) is 0.379. The monoisotopic (exact) mass is 496 g/mol. The van der Waals surface area contributed by atoms with Gasteiger partial charge in [0.15, 0.2) is 18.1 Å². The van der Waals surface area contributed by atoms with Crippen molar-refractivity contribution in [1.82, 2.24) is 10.3 Å². The summed E-state index contributed by atoms with van der Waals surface area (Å²) in [5, 5.41) is 3.41. The van der Waals surface area contributed by atoms with Crippen molar-refractivity contribution < 1.29 is 28.2 Å². The Labute approximate surface area is 212 Å². The minimum absolute atomic E-state index is 0.220. The molecule has 0 bridgehead atoms. The van der Waals surface area contributed by atoms with Crippen molar-refractivity contribution in [3.63, 3.8) is 0 Å². The molecule has 2 aromatic heterocycles. The molecule has 8 heteroatoms. The molecule has 1 aliphatic carbocycles. The first-order valence-corrected chi connectivity index (χ1v) is 12.1. The predicted molar refractivity (Wildman–Crippen MR) is 136 cm³/mol. The number of furan rings is 1. The van der Waals surface area contributed by atoms with E-state index in [1.165, 1.54) is 6.26 Å². The Bertz CT molecular complexity index is 1520. The Balaban J connectivity index is 1.30. The van der Waals surface area contributed by atoms with Crippen molar-refractivity contribution in [2.24, 2.45) is 0 Å². The summed E-state index contributed by atoms with van der Waals surface area (Å²) in [5.74, 6) is 1.13. The molecule has 0 atom stereocenters. The zero-order valence-electron chi connectivity index (χ0n) is 20.0. The first kappa shape index (κ1) is 22.8. The molecule has 0 fully saturated rings. The van der Waals surface area contributed by atoms with E-state index in [0.29, 0.717) is 34.4 Å². The van der Waals surface area contributed by atoms with E-state index in [9.17, 15) is 9.59 Å². The molecular weight excluding hydrogens is 472 g/mol. The van der Waals surface area contributed by atoms with Crippen molar-refractivity contribution in [3.8, 4) is 11.5 Å². The lowest BCUT2D eigenvalue weighted by Gasteiger charge is -2.22. The summed E-state index contributed by atoms with van der Waals surface area (Å²) < 4.78 is 21.6. The van der Waals surface area contributed by atoms with Gasteiger partial charge in [0.25, 0.3) is 5.91 Å². The standard InChI is InChI=1S/C29H24N2O6/c32-26(30-15-20-6-4-12-34-20)16-35-29(33)27-21-7-1-2-9-23(21)31-28-19(5-3-8-22(27)28)13-18-10-11-24-25(14-18)37-17-36-24/h1-2,4,6-7,9-14H,3,5,8,15-17H2,(H,30,32)/b19-13+. The number of hydrogen-bond donors (Lipinski definition) is 1. The van der Waals surface area contributed by atoms with Gasteiger partial charge in [-0.2, -0.15) is 0 Å².